The van der Waals surface area contributed by atoms with Crippen LogP contribution in [0.5, 0.6) is 0 Å². The molecule has 0 aromatic heterocycles. The van der Waals surface area contributed by atoms with Crippen molar-refractivity contribution in [2.24, 2.45) is 5.92 Å². The summed E-state index contributed by atoms with van der Waals surface area (Å²) < 4.78 is 0. The highest BCUT2D eigenvalue weighted by atomic mass is 16.4. The first kappa shape index (κ1) is 20.8. The number of carbonyl (C=O) groups is 2. The highest BCUT2D eigenvalue weighted by Crippen LogP contribution is 2.35. The van der Waals surface area contributed by atoms with Crippen molar-refractivity contribution in [3.63, 3.8) is 0 Å². The van der Waals surface area contributed by atoms with E-state index in [1.54, 1.807) is 0 Å². The van der Waals surface area contributed by atoms with Gasteiger partial charge < -0.3 is 10.4 Å². The SMILES string of the molecule is O=C(O)/C=C\C(=O)NC(CC(c1ccccc1)c1ccccc1)C1CCCCC1. The Hall–Kier alpha value is -2.88. The monoisotopic (exact) mass is 391 g/mol. The molecule has 0 spiro atoms. The predicted octanol–water partition coefficient (Wildman–Crippen LogP) is 4.91. The lowest BCUT2D eigenvalue weighted by atomic mass is 9.77. The summed E-state index contributed by atoms with van der Waals surface area (Å²) in [4.78, 5) is 23.2. The molecule has 0 heterocycles. The fraction of sp³-hybridized carbons (Fsp3) is 0.360. The van der Waals surface area contributed by atoms with Crippen molar-refractivity contribution in [2.45, 2.75) is 50.5 Å². The topological polar surface area (TPSA) is 66.4 Å². The van der Waals surface area contributed by atoms with E-state index in [4.69, 9.17) is 5.11 Å². The summed E-state index contributed by atoms with van der Waals surface area (Å²) in [5.74, 6) is -0.849. The Balaban J connectivity index is 1.85. The van der Waals surface area contributed by atoms with Crippen LogP contribution >= 0.6 is 0 Å². The van der Waals surface area contributed by atoms with Crippen LogP contribution < -0.4 is 5.32 Å². The second-order valence-electron chi connectivity index (χ2n) is 7.79. The van der Waals surface area contributed by atoms with Crippen molar-refractivity contribution in [3.8, 4) is 0 Å². The Bertz CT molecular complexity index is 771. The number of hydrogen-bond acceptors (Lipinski definition) is 2. The van der Waals surface area contributed by atoms with Crippen LogP contribution in [0, 0.1) is 5.92 Å². The molecule has 2 aromatic carbocycles. The molecule has 0 radical (unpaired) electrons. The summed E-state index contributed by atoms with van der Waals surface area (Å²) in [5.41, 5.74) is 2.46. The van der Waals surface area contributed by atoms with E-state index in [0.717, 1.165) is 31.4 Å². The van der Waals surface area contributed by atoms with E-state index < -0.39 is 5.97 Å². The van der Waals surface area contributed by atoms with Crippen molar-refractivity contribution < 1.29 is 14.7 Å². The molecule has 29 heavy (non-hydrogen) atoms. The van der Waals surface area contributed by atoms with E-state index in [9.17, 15) is 9.59 Å². The molecule has 2 N–H and O–H groups in total. The van der Waals surface area contributed by atoms with Gasteiger partial charge in [-0.15, -0.1) is 0 Å². The molecule has 2 aromatic rings. The van der Waals surface area contributed by atoms with Gasteiger partial charge in [0, 0.05) is 24.1 Å². The van der Waals surface area contributed by atoms with E-state index in [0.29, 0.717) is 5.92 Å². The maximum Gasteiger partial charge on any atom is 0.328 e. The second kappa shape index (κ2) is 10.6. The first-order valence-electron chi connectivity index (χ1n) is 10.4. The third-order valence-corrected chi connectivity index (χ3v) is 5.82. The van der Waals surface area contributed by atoms with Crippen molar-refractivity contribution in [1.29, 1.82) is 0 Å². The Morgan fingerprint density at radius 1 is 0.897 bits per heavy atom. The Kier molecular flexibility index (Phi) is 7.62. The quantitative estimate of drug-likeness (QED) is 0.628. The van der Waals surface area contributed by atoms with Gasteiger partial charge in [0.25, 0.3) is 0 Å². The average molecular weight is 392 g/mol. The predicted molar refractivity (Wildman–Crippen MR) is 115 cm³/mol. The Morgan fingerprint density at radius 2 is 1.45 bits per heavy atom. The third-order valence-electron chi connectivity index (χ3n) is 5.82. The van der Waals surface area contributed by atoms with Crippen LogP contribution in [0.2, 0.25) is 0 Å². The number of carboxylic acids is 1. The lowest BCUT2D eigenvalue weighted by Crippen LogP contribution is -2.41. The van der Waals surface area contributed by atoms with Crippen LogP contribution in [0.4, 0.5) is 0 Å². The summed E-state index contributed by atoms with van der Waals surface area (Å²) in [6.07, 6.45) is 8.64. The van der Waals surface area contributed by atoms with Gasteiger partial charge in [-0.25, -0.2) is 4.79 Å². The van der Waals surface area contributed by atoms with Crippen molar-refractivity contribution in [1.82, 2.24) is 5.32 Å². The van der Waals surface area contributed by atoms with Gasteiger partial charge in [-0.1, -0.05) is 79.9 Å². The Labute approximate surface area is 172 Å². The van der Waals surface area contributed by atoms with Crippen LogP contribution in [0.25, 0.3) is 0 Å². The van der Waals surface area contributed by atoms with Gasteiger partial charge in [0.15, 0.2) is 0 Å². The molecule has 4 heteroatoms. The molecule has 1 unspecified atom stereocenters. The number of aliphatic carboxylic acids is 1. The normalized spacial score (nSPS) is 16.0. The minimum Gasteiger partial charge on any atom is -0.478 e. The summed E-state index contributed by atoms with van der Waals surface area (Å²) in [7, 11) is 0. The third kappa shape index (κ3) is 6.31. The first-order valence-corrected chi connectivity index (χ1v) is 10.4. The molecule has 1 saturated carbocycles. The average Bonchev–Trinajstić information content (AvgIpc) is 2.77. The van der Waals surface area contributed by atoms with Gasteiger partial charge >= 0.3 is 5.97 Å². The van der Waals surface area contributed by atoms with Crippen molar-refractivity contribution in [3.05, 3.63) is 83.9 Å². The van der Waals surface area contributed by atoms with Crippen molar-refractivity contribution in [2.75, 3.05) is 0 Å². The number of hydrogen-bond donors (Lipinski definition) is 2. The zero-order chi connectivity index (χ0) is 20.5. The minimum atomic E-state index is -1.11. The van der Waals surface area contributed by atoms with Gasteiger partial charge in [0.05, 0.1) is 0 Å². The number of rotatable bonds is 8. The fourth-order valence-corrected chi connectivity index (χ4v) is 4.37. The van der Waals surface area contributed by atoms with Gasteiger partial charge in [-0.05, 0) is 36.3 Å². The summed E-state index contributed by atoms with van der Waals surface area (Å²) in [6, 6.07) is 20.8. The van der Waals surface area contributed by atoms with Gasteiger partial charge in [0.2, 0.25) is 5.91 Å². The van der Waals surface area contributed by atoms with Crippen LogP contribution in [-0.2, 0) is 9.59 Å². The van der Waals surface area contributed by atoms with Crippen molar-refractivity contribution >= 4 is 11.9 Å². The summed E-state index contributed by atoms with van der Waals surface area (Å²) in [6.45, 7) is 0. The highest BCUT2D eigenvalue weighted by molar-refractivity contribution is 5.94. The van der Waals surface area contributed by atoms with Crippen LogP contribution in [0.1, 0.15) is 55.6 Å². The molecule has 1 atom stereocenters. The molecule has 0 aliphatic heterocycles. The maximum absolute atomic E-state index is 12.4. The number of amides is 1. The smallest absolute Gasteiger partial charge is 0.328 e. The summed E-state index contributed by atoms with van der Waals surface area (Å²) >= 11 is 0. The number of benzene rings is 2. The lowest BCUT2D eigenvalue weighted by Gasteiger charge is -2.33. The minimum absolute atomic E-state index is 0.00616. The molecule has 4 nitrogen and oxygen atoms in total. The van der Waals surface area contributed by atoms with Crippen LogP contribution in [0.15, 0.2) is 72.8 Å². The van der Waals surface area contributed by atoms with E-state index in [-0.39, 0.29) is 17.9 Å². The molecular formula is C25H29NO3. The molecule has 1 aliphatic rings. The molecule has 1 amide bonds. The van der Waals surface area contributed by atoms with Crippen LogP contribution in [0.3, 0.4) is 0 Å². The highest BCUT2D eigenvalue weighted by Gasteiger charge is 2.28. The molecule has 152 valence electrons. The molecule has 1 aliphatic carbocycles. The molecule has 0 saturated heterocycles. The standard InChI is InChI=1S/C25H29NO3/c27-24(16-17-25(28)29)26-23(21-14-8-3-9-15-21)18-22(19-10-4-1-5-11-19)20-12-6-2-7-13-20/h1-2,4-7,10-13,16-17,21-23H,3,8-9,14-15,18H2,(H,26,27)(H,28,29)/b17-16-. The lowest BCUT2D eigenvalue weighted by molar-refractivity contribution is -0.131. The number of carbonyl (C=O) groups excluding carboxylic acids is 1. The van der Waals surface area contributed by atoms with E-state index in [1.165, 1.54) is 30.4 Å². The molecule has 3 rings (SSSR count). The number of carboxylic acid groups (broad SMARTS) is 1. The number of nitrogens with one attached hydrogen (secondary N) is 1. The molecule has 1 fully saturated rings. The summed E-state index contributed by atoms with van der Waals surface area (Å²) in [5, 5.41) is 11.9. The first-order chi connectivity index (χ1) is 14.1. The van der Waals surface area contributed by atoms with E-state index in [1.807, 2.05) is 12.1 Å². The fourth-order valence-electron chi connectivity index (χ4n) is 4.37. The largest absolute Gasteiger partial charge is 0.478 e. The second-order valence-corrected chi connectivity index (χ2v) is 7.79. The molecular weight excluding hydrogens is 362 g/mol. The van der Waals surface area contributed by atoms with E-state index in [2.05, 4.69) is 53.8 Å². The van der Waals surface area contributed by atoms with Gasteiger partial charge in [-0.3, -0.25) is 4.79 Å². The zero-order valence-corrected chi connectivity index (χ0v) is 16.7. The van der Waals surface area contributed by atoms with Gasteiger partial charge in [0.1, 0.15) is 0 Å². The molecule has 0 bridgehead atoms. The van der Waals surface area contributed by atoms with Gasteiger partial charge in [-0.2, -0.15) is 0 Å². The van der Waals surface area contributed by atoms with E-state index >= 15 is 0 Å². The Morgan fingerprint density at radius 3 is 1.97 bits per heavy atom. The maximum atomic E-state index is 12.4. The zero-order valence-electron chi connectivity index (χ0n) is 16.7. The van der Waals surface area contributed by atoms with Crippen LogP contribution in [-0.4, -0.2) is 23.0 Å².